The van der Waals surface area contributed by atoms with Crippen molar-refractivity contribution in [3.8, 4) is 0 Å². The molecule has 0 amide bonds. The molecule has 0 radical (unpaired) electrons. The van der Waals surface area contributed by atoms with Crippen molar-refractivity contribution in [2.75, 3.05) is 19.6 Å². The minimum atomic E-state index is -0.400. The van der Waals surface area contributed by atoms with E-state index in [1.807, 2.05) is 0 Å². The van der Waals surface area contributed by atoms with Crippen molar-refractivity contribution in [3.63, 3.8) is 0 Å². The molecule has 1 atom stereocenters. The van der Waals surface area contributed by atoms with Crippen molar-refractivity contribution in [2.24, 2.45) is 0 Å². The molecule has 118 valence electrons. The molecule has 22 heavy (non-hydrogen) atoms. The van der Waals surface area contributed by atoms with Gasteiger partial charge in [-0.15, -0.1) is 0 Å². The maximum atomic E-state index is 10.8. The first-order valence-electron chi connectivity index (χ1n) is 8.68. The van der Waals surface area contributed by atoms with E-state index in [0.29, 0.717) is 0 Å². The Morgan fingerprint density at radius 3 is 2.36 bits per heavy atom. The van der Waals surface area contributed by atoms with Gasteiger partial charge in [0.25, 0.3) is 0 Å². The highest BCUT2D eigenvalue weighted by Crippen LogP contribution is 2.35. The average molecular weight is 297 g/mol. The molecule has 0 fully saturated rings. The molecule has 0 saturated heterocycles. The first kappa shape index (κ1) is 15.5. The van der Waals surface area contributed by atoms with Crippen molar-refractivity contribution < 1.29 is 5.11 Å². The molecular formula is C20H27NO. The van der Waals surface area contributed by atoms with E-state index in [0.717, 1.165) is 50.9 Å². The lowest BCUT2D eigenvalue weighted by atomic mass is 9.96. The zero-order valence-corrected chi connectivity index (χ0v) is 13.8. The zero-order chi connectivity index (χ0) is 15.5. The molecule has 2 nitrogen and oxygen atoms in total. The Kier molecular flexibility index (Phi) is 4.80. The maximum absolute atomic E-state index is 10.8. The van der Waals surface area contributed by atoms with Crippen molar-refractivity contribution >= 4 is 10.8 Å². The summed E-state index contributed by atoms with van der Waals surface area (Å²) >= 11 is 0. The molecule has 2 heteroatoms. The number of benzene rings is 2. The third kappa shape index (κ3) is 2.90. The molecule has 2 aromatic carbocycles. The first-order chi connectivity index (χ1) is 10.7. The van der Waals surface area contributed by atoms with Gasteiger partial charge in [-0.05, 0) is 66.2 Å². The van der Waals surface area contributed by atoms with Crippen LogP contribution in [0.2, 0.25) is 0 Å². The number of hydrogen-bond donors (Lipinski definition) is 1. The van der Waals surface area contributed by atoms with Crippen LogP contribution in [-0.4, -0.2) is 29.6 Å². The lowest BCUT2D eigenvalue weighted by Gasteiger charge is -2.25. The van der Waals surface area contributed by atoms with Crippen LogP contribution in [0.3, 0.4) is 0 Å². The van der Waals surface area contributed by atoms with E-state index in [4.69, 9.17) is 0 Å². The summed E-state index contributed by atoms with van der Waals surface area (Å²) in [6, 6.07) is 10.9. The van der Waals surface area contributed by atoms with Gasteiger partial charge in [0.15, 0.2) is 0 Å². The van der Waals surface area contributed by atoms with Crippen LogP contribution in [0.4, 0.5) is 0 Å². The molecular weight excluding hydrogens is 270 g/mol. The Balaban J connectivity index is 1.90. The molecule has 0 bridgehead atoms. The molecule has 0 aromatic heterocycles. The Labute approximate surface area is 133 Å². The van der Waals surface area contributed by atoms with E-state index in [-0.39, 0.29) is 0 Å². The van der Waals surface area contributed by atoms with Gasteiger partial charge in [0.05, 0.1) is 6.10 Å². The quantitative estimate of drug-likeness (QED) is 0.832. The van der Waals surface area contributed by atoms with Crippen LogP contribution in [0.25, 0.3) is 10.8 Å². The van der Waals surface area contributed by atoms with Gasteiger partial charge in [0.2, 0.25) is 0 Å². The monoisotopic (exact) mass is 297 g/mol. The fourth-order valence-corrected chi connectivity index (χ4v) is 3.83. The zero-order valence-electron chi connectivity index (χ0n) is 13.8. The maximum Gasteiger partial charge on any atom is 0.0922 e. The molecule has 0 aliphatic heterocycles. The van der Waals surface area contributed by atoms with Gasteiger partial charge in [-0.1, -0.05) is 44.2 Å². The summed E-state index contributed by atoms with van der Waals surface area (Å²) in [6.07, 6.45) is 4.16. The summed E-state index contributed by atoms with van der Waals surface area (Å²) in [6.45, 7) is 7.26. The molecule has 1 N–H and O–H groups in total. The van der Waals surface area contributed by atoms with Crippen molar-refractivity contribution in [1.29, 1.82) is 0 Å². The van der Waals surface area contributed by atoms with E-state index >= 15 is 0 Å². The summed E-state index contributed by atoms with van der Waals surface area (Å²) in [4.78, 5) is 2.38. The predicted molar refractivity (Wildman–Crippen MR) is 93.3 cm³/mol. The van der Waals surface area contributed by atoms with Crippen LogP contribution in [0.15, 0.2) is 30.3 Å². The Bertz CT molecular complexity index is 633. The third-order valence-corrected chi connectivity index (χ3v) is 4.78. The van der Waals surface area contributed by atoms with Gasteiger partial charge < -0.3 is 10.0 Å². The van der Waals surface area contributed by atoms with Crippen LogP contribution in [0, 0.1) is 0 Å². The number of nitrogens with zero attached hydrogens (tertiary/aromatic N) is 1. The molecule has 0 saturated carbocycles. The second-order valence-electron chi connectivity index (χ2n) is 6.47. The van der Waals surface area contributed by atoms with Gasteiger partial charge >= 0.3 is 0 Å². The second kappa shape index (κ2) is 6.80. The van der Waals surface area contributed by atoms with E-state index in [1.165, 1.54) is 21.9 Å². The van der Waals surface area contributed by atoms with E-state index in [2.05, 4.69) is 49.1 Å². The van der Waals surface area contributed by atoms with Crippen molar-refractivity contribution in [1.82, 2.24) is 4.90 Å². The van der Waals surface area contributed by atoms with E-state index < -0.39 is 6.10 Å². The lowest BCUT2D eigenvalue weighted by Crippen LogP contribution is -2.30. The minimum Gasteiger partial charge on any atom is -0.387 e. The van der Waals surface area contributed by atoms with Crippen LogP contribution in [0.1, 0.15) is 49.5 Å². The number of aryl methyl sites for hydroxylation is 2. The number of hydrogen-bond acceptors (Lipinski definition) is 2. The highest BCUT2D eigenvalue weighted by molar-refractivity contribution is 5.93. The first-order valence-corrected chi connectivity index (χ1v) is 8.68. The lowest BCUT2D eigenvalue weighted by molar-refractivity contribution is 0.114. The summed E-state index contributed by atoms with van der Waals surface area (Å²) in [5, 5.41) is 13.5. The largest absolute Gasteiger partial charge is 0.387 e. The van der Waals surface area contributed by atoms with Crippen LogP contribution in [-0.2, 0) is 12.8 Å². The molecule has 2 aromatic rings. The molecule has 3 rings (SSSR count). The summed E-state index contributed by atoms with van der Waals surface area (Å²) in [7, 11) is 0. The smallest absolute Gasteiger partial charge is 0.0922 e. The fraction of sp³-hybridized carbons (Fsp3) is 0.500. The van der Waals surface area contributed by atoms with Crippen molar-refractivity contribution in [2.45, 2.75) is 45.6 Å². The van der Waals surface area contributed by atoms with Crippen LogP contribution < -0.4 is 0 Å². The Morgan fingerprint density at radius 1 is 1.00 bits per heavy atom. The third-order valence-electron chi connectivity index (χ3n) is 4.78. The highest BCUT2D eigenvalue weighted by Gasteiger charge is 2.20. The molecule has 0 spiro atoms. The summed E-state index contributed by atoms with van der Waals surface area (Å²) in [5.41, 5.74) is 3.99. The number of aliphatic hydroxyl groups excluding tert-OH is 1. The van der Waals surface area contributed by atoms with Crippen molar-refractivity contribution in [3.05, 3.63) is 47.0 Å². The highest BCUT2D eigenvalue weighted by atomic mass is 16.3. The van der Waals surface area contributed by atoms with Gasteiger partial charge in [-0.3, -0.25) is 0 Å². The standard InChI is InChI=1S/C20H27NO/c1-3-12-21(13-4-2)14-19(22)17-11-10-16-9-8-15-6-5-7-18(17)20(15)16/h5-7,10-11,19,22H,3-4,8-9,12-14H2,1-2H3/t19-/m0/s1. The normalized spacial score (nSPS) is 14.9. The van der Waals surface area contributed by atoms with E-state index in [1.54, 1.807) is 0 Å². The van der Waals surface area contributed by atoms with Crippen LogP contribution in [0.5, 0.6) is 0 Å². The van der Waals surface area contributed by atoms with Crippen LogP contribution >= 0.6 is 0 Å². The van der Waals surface area contributed by atoms with Gasteiger partial charge in [-0.25, -0.2) is 0 Å². The number of aliphatic hydroxyl groups is 1. The Morgan fingerprint density at radius 2 is 1.68 bits per heavy atom. The SMILES string of the molecule is CCCN(CCC)C[C@H](O)c1ccc2c3c(cccc13)CC2. The summed E-state index contributed by atoms with van der Waals surface area (Å²) < 4.78 is 0. The Hall–Kier alpha value is -1.38. The molecule has 1 aliphatic carbocycles. The average Bonchev–Trinajstić information content (AvgIpc) is 2.93. The molecule has 1 aliphatic rings. The predicted octanol–water partition coefficient (Wildman–Crippen LogP) is 4.09. The van der Waals surface area contributed by atoms with E-state index in [9.17, 15) is 5.11 Å². The van der Waals surface area contributed by atoms with Gasteiger partial charge in [0.1, 0.15) is 0 Å². The van der Waals surface area contributed by atoms with Gasteiger partial charge in [-0.2, -0.15) is 0 Å². The van der Waals surface area contributed by atoms with Gasteiger partial charge in [0, 0.05) is 6.54 Å². The fourth-order valence-electron chi connectivity index (χ4n) is 3.83. The number of rotatable bonds is 7. The summed E-state index contributed by atoms with van der Waals surface area (Å²) in [5.74, 6) is 0. The second-order valence-corrected chi connectivity index (χ2v) is 6.47. The molecule has 0 unspecified atom stereocenters. The molecule has 0 heterocycles. The minimum absolute atomic E-state index is 0.400. The topological polar surface area (TPSA) is 23.5 Å².